The van der Waals surface area contributed by atoms with Crippen molar-refractivity contribution in [2.75, 3.05) is 13.1 Å². The van der Waals surface area contributed by atoms with Gasteiger partial charge in [-0.05, 0) is 56.5 Å². The first-order valence-electron chi connectivity index (χ1n) is 22.3. The van der Waals surface area contributed by atoms with Crippen molar-refractivity contribution >= 4 is 47.1 Å². The van der Waals surface area contributed by atoms with Crippen LogP contribution in [-0.2, 0) is 0 Å². The minimum atomic E-state index is 0.610. The fourth-order valence-electron chi connectivity index (χ4n) is 6.47. The highest BCUT2D eigenvalue weighted by Gasteiger charge is 1.98. The number of hydrogen-bond acceptors (Lipinski definition) is 4. The predicted octanol–water partition coefficient (Wildman–Crippen LogP) is 13.6. The quantitative estimate of drug-likeness (QED) is 0.0216. The summed E-state index contributed by atoms with van der Waals surface area (Å²) < 4.78 is 0. The molecular weight excluding hydrogens is 665 g/mol. The van der Waals surface area contributed by atoms with Crippen LogP contribution in [0.2, 0.25) is 0 Å². The fourth-order valence-corrected chi connectivity index (χ4v) is 6.78. The maximum absolute atomic E-state index is 5.33. The molecule has 0 fully saturated rings. The molecule has 0 saturated carbocycles. The van der Waals surface area contributed by atoms with Crippen LogP contribution in [0.15, 0.2) is 10.2 Å². The molecule has 0 atom stereocenters. The van der Waals surface area contributed by atoms with E-state index in [1.807, 2.05) is 12.4 Å². The Morgan fingerprint density at radius 3 is 0.843 bits per heavy atom. The maximum atomic E-state index is 5.33. The number of nitrogens with one attached hydrogen (secondary N) is 4. The van der Waals surface area contributed by atoms with E-state index in [9.17, 15) is 0 Å². The third-order valence-electron chi connectivity index (χ3n) is 9.81. The van der Waals surface area contributed by atoms with Gasteiger partial charge in [-0.15, -0.1) is 0 Å². The third-order valence-corrected chi connectivity index (χ3v) is 10.3. The Balaban J connectivity index is 3.34. The molecule has 0 bridgehead atoms. The van der Waals surface area contributed by atoms with Crippen molar-refractivity contribution in [3.8, 4) is 0 Å². The zero-order valence-electron chi connectivity index (χ0n) is 34.0. The smallest absolute Gasteiger partial charge is 0.186 e. The first-order valence-corrected chi connectivity index (χ1v) is 23.1. The summed E-state index contributed by atoms with van der Waals surface area (Å²) in [7, 11) is 0. The van der Waals surface area contributed by atoms with Crippen LogP contribution in [0.1, 0.15) is 239 Å². The highest BCUT2D eigenvalue weighted by Crippen LogP contribution is 2.15. The van der Waals surface area contributed by atoms with E-state index in [-0.39, 0.29) is 0 Å². The van der Waals surface area contributed by atoms with Crippen molar-refractivity contribution in [1.29, 1.82) is 0 Å². The highest BCUT2D eigenvalue weighted by atomic mass is 32.1. The minimum absolute atomic E-state index is 0.610. The minimum Gasteiger partial charge on any atom is -0.361 e. The topological polar surface area (TPSA) is 72.8 Å². The third kappa shape index (κ3) is 44.8. The molecule has 0 aromatic carbocycles. The van der Waals surface area contributed by atoms with Gasteiger partial charge in [0, 0.05) is 25.5 Å². The molecule has 0 aliphatic rings. The van der Waals surface area contributed by atoms with E-state index < -0.39 is 0 Å². The van der Waals surface area contributed by atoms with Crippen molar-refractivity contribution in [2.45, 2.75) is 239 Å². The van der Waals surface area contributed by atoms with Gasteiger partial charge in [-0.25, -0.2) is 0 Å². The Morgan fingerprint density at radius 2 is 0.588 bits per heavy atom. The van der Waals surface area contributed by atoms with E-state index in [4.69, 9.17) is 24.4 Å². The second kappa shape index (κ2) is 44.9. The lowest BCUT2D eigenvalue weighted by Crippen LogP contribution is -2.32. The molecule has 51 heavy (non-hydrogen) atoms. The molecule has 0 aliphatic heterocycles. The van der Waals surface area contributed by atoms with Crippen molar-refractivity contribution in [2.24, 2.45) is 10.2 Å². The van der Waals surface area contributed by atoms with Crippen LogP contribution < -0.4 is 21.5 Å². The lowest BCUT2D eigenvalue weighted by Gasteiger charge is -2.07. The molecule has 0 spiro atoms. The number of unbranched alkanes of at least 4 members (excludes halogenated alkanes) is 32. The zero-order valence-corrected chi connectivity index (χ0v) is 35.7. The molecule has 300 valence electrons. The maximum Gasteiger partial charge on any atom is 0.186 e. The van der Waals surface area contributed by atoms with Crippen molar-refractivity contribution in [3.63, 3.8) is 0 Å². The van der Waals surface area contributed by atoms with Crippen LogP contribution in [0, 0.1) is 0 Å². The summed E-state index contributed by atoms with van der Waals surface area (Å²) in [4.78, 5) is 0. The van der Waals surface area contributed by atoms with Gasteiger partial charge in [0.15, 0.2) is 10.2 Å². The standard InChI is InChI=1S/C43H86N6S2/c1-3-5-7-9-11-13-15-17-19-21-23-25-27-29-31-34-38-44-42(50)48-46-40-36-33-37-41-47-49-43(51)45-39-35-32-30-28-26-24-22-20-18-16-14-12-10-8-6-4-2/h40-41H,3-39H2,1-2H3,(H2,44,48,50)(H2,45,49,51)/b46-40-,47-41+. The van der Waals surface area contributed by atoms with Gasteiger partial charge in [0.05, 0.1) is 0 Å². The lowest BCUT2D eigenvalue weighted by atomic mass is 10.0. The van der Waals surface area contributed by atoms with Crippen LogP contribution in [0.5, 0.6) is 0 Å². The molecule has 0 amide bonds. The first kappa shape index (κ1) is 49.7. The molecule has 8 heteroatoms. The van der Waals surface area contributed by atoms with E-state index in [1.54, 1.807) is 0 Å². The van der Waals surface area contributed by atoms with E-state index in [0.717, 1.165) is 45.2 Å². The number of hydrogen-bond donors (Lipinski definition) is 4. The first-order chi connectivity index (χ1) is 25.2. The van der Waals surface area contributed by atoms with Gasteiger partial charge in [0.1, 0.15) is 0 Å². The summed E-state index contributed by atoms with van der Waals surface area (Å²) in [5.74, 6) is 0. The van der Waals surface area contributed by atoms with Gasteiger partial charge < -0.3 is 10.6 Å². The predicted molar refractivity (Wildman–Crippen MR) is 237 cm³/mol. The number of rotatable bonds is 40. The Morgan fingerprint density at radius 1 is 0.353 bits per heavy atom. The Bertz CT molecular complexity index is 714. The van der Waals surface area contributed by atoms with E-state index in [0.29, 0.717) is 10.2 Å². The molecule has 0 aliphatic carbocycles. The summed E-state index contributed by atoms with van der Waals surface area (Å²) in [6.07, 6.45) is 51.0. The lowest BCUT2D eigenvalue weighted by molar-refractivity contribution is 0.529. The average Bonchev–Trinajstić information content (AvgIpc) is 3.13. The molecule has 0 aromatic rings. The zero-order chi connectivity index (χ0) is 37.0. The SMILES string of the molecule is CCCCCCCCCCCCCCCCCCNC(=S)N/N=C\CCC/C=N/NC(=S)NCCCCCCCCCCCCCCCCCC. The van der Waals surface area contributed by atoms with Gasteiger partial charge in [-0.2, -0.15) is 10.2 Å². The molecular formula is C43H86N6S2. The second-order valence-corrected chi connectivity index (χ2v) is 15.7. The molecule has 0 rings (SSSR count). The summed E-state index contributed by atoms with van der Waals surface area (Å²) in [6.45, 7) is 6.42. The molecule has 4 N–H and O–H groups in total. The second-order valence-electron chi connectivity index (χ2n) is 14.9. The average molecular weight is 751 g/mol. The largest absolute Gasteiger partial charge is 0.361 e. The van der Waals surface area contributed by atoms with Crippen LogP contribution in [0.25, 0.3) is 0 Å². The molecule has 0 saturated heterocycles. The normalized spacial score (nSPS) is 11.5. The van der Waals surface area contributed by atoms with Crippen LogP contribution in [0.4, 0.5) is 0 Å². The van der Waals surface area contributed by atoms with Gasteiger partial charge in [-0.3, -0.25) is 10.9 Å². The number of thiocarbonyl (C=S) groups is 2. The van der Waals surface area contributed by atoms with Crippen LogP contribution in [0.3, 0.4) is 0 Å². The van der Waals surface area contributed by atoms with Crippen molar-refractivity contribution < 1.29 is 0 Å². The highest BCUT2D eigenvalue weighted by molar-refractivity contribution is 7.80. The van der Waals surface area contributed by atoms with Crippen LogP contribution >= 0.6 is 24.4 Å². The molecule has 0 unspecified atom stereocenters. The van der Waals surface area contributed by atoms with Gasteiger partial charge in [0.25, 0.3) is 0 Å². The van der Waals surface area contributed by atoms with Gasteiger partial charge in [0.2, 0.25) is 0 Å². The Kier molecular flexibility index (Phi) is 43.8. The molecule has 0 radical (unpaired) electrons. The molecule has 0 aromatic heterocycles. The Labute approximate surface area is 329 Å². The summed E-state index contributed by atoms with van der Waals surface area (Å²) >= 11 is 10.7. The van der Waals surface area contributed by atoms with Crippen molar-refractivity contribution in [1.82, 2.24) is 21.5 Å². The molecule has 0 heterocycles. The number of nitrogens with zero attached hydrogens (tertiary/aromatic N) is 2. The number of hydrazone groups is 2. The summed E-state index contributed by atoms with van der Waals surface area (Å²) in [6, 6.07) is 0. The fraction of sp³-hybridized carbons (Fsp3) is 0.907. The van der Waals surface area contributed by atoms with E-state index >= 15 is 0 Å². The van der Waals surface area contributed by atoms with Crippen molar-refractivity contribution in [3.05, 3.63) is 0 Å². The molecule has 6 nitrogen and oxygen atoms in total. The Hall–Kier alpha value is -1.28. The van der Waals surface area contributed by atoms with E-state index in [1.165, 1.54) is 193 Å². The summed E-state index contributed by atoms with van der Waals surface area (Å²) in [5, 5.41) is 16.2. The van der Waals surface area contributed by atoms with Gasteiger partial charge >= 0.3 is 0 Å². The van der Waals surface area contributed by atoms with Crippen LogP contribution in [-0.4, -0.2) is 35.7 Å². The van der Waals surface area contributed by atoms with Gasteiger partial charge in [-0.1, -0.05) is 206 Å². The van der Waals surface area contributed by atoms with E-state index in [2.05, 4.69) is 45.5 Å². The monoisotopic (exact) mass is 751 g/mol. The summed E-state index contributed by atoms with van der Waals surface area (Å²) in [5.41, 5.74) is 5.86.